The Morgan fingerprint density at radius 1 is 1.04 bits per heavy atom. The van der Waals surface area contributed by atoms with E-state index in [4.69, 9.17) is 10.00 Å². The fourth-order valence-electron chi connectivity index (χ4n) is 2.86. The lowest BCUT2D eigenvalue weighted by Gasteiger charge is -2.25. The minimum absolute atomic E-state index is 0.299. The molecule has 0 bridgehead atoms. The first-order valence-corrected chi connectivity index (χ1v) is 9.76. The van der Waals surface area contributed by atoms with Crippen LogP contribution >= 0.6 is 0 Å². The van der Waals surface area contributed by atoms with Crippen molar-refractivity contribution in [2.75, 3.05) is 13.1 Å². The number of hydrogen-bond donors (Lipinski definition) is 0. The van der Waals surface area contributed by atoms with Crippen LogP contribution in [-0.4, -0.2) is 25.8 Å². The highest BCUT2D eigenvalue weighted by molar-refractivity contribution is 7.89. The van der Waals surface area contributed by atoms with E-state index in [0.717, 1.165) is 24.8 Å². The highest BCUT2D eigenvalue weighted by Crippen LogP contribution is 2.23. The van der Waals surface area contributed by atoms with Crippen LogP contribution in [0.1, 0.15) is 30.4 Å². The average Bonchev–Trinajstić information content (AvgIpc) is 2.67. The molecule has 130 valence electrons. The van der Waals surface area contributed by atoms with Gasteiger partial charge in [0, 0.05) is 13.1 Å². The molecule has 3 rings (SSSR count). The predicted octanol–water partition coefficient (Wildman–Crippen LogP) is 3.31. The molecular formula is C19H20N2O3S. The predicted molar refractivity (Wildman–Crippen MR) is 94.5 cm³/mol. The van der Waals surface area contributed by atoms with Crippen LogP contribution in [0.25, 0.3) is 0 Å². The van der Waals surface area contributed by atoms with E-state index in [9.17, 15) is 8.42 Å². The standard InChI is InChI=1S/C19H20N2O3S/c20-14-16-5-4-6-17(13-16)15-24-18-7-9-19(10-8-18)25(22,23)21-11-2-1-3-12-21/h4-10,13H,1-3,11-12,15H2. The summed E-state index contributed by atoms with van der Waals surface area (Å²) in [6.07, 6.45) is 2.93. The molecule has 1 heterocycles. The zero-order valence-corrected chi connectivity index (χ0v) is 14.7. The average molecular weight is 356 g/mol. The zero-order valence-electron chi connectivity index (χ0n) is 13.9. The summed E-state index contributed by atoms with van der Waals surface area (Å²) in [5, 5.41) is 8.91. The van der Waals surface area contributed by atoms with E-state index in [-0.39, 0.29) is 0 Å². The summed E-state index contributed by atoms with van der Waals surface area (Å²) in [7, 11) is -3.41. The molecule has 1 saturated heterocycles. The lowest BCUT2D eigenvalue weighted by atomic mass is 10.1. The first-order chi connectivity index (χ1) is 12.1. The van der Waals surface area contributed by atoms with E-state index in [1.54, 1.807) is 40.7 Å². The summed E-state index contributed by atoms with van der Waals surface area (Å²) in [6.45, 7) is 1.51. The van der Waals surface area contributed by atoms with Crippen molar-refractivity contribution in [1.82, 2.24) is 4.31 Å². The molecule has 0 aliphatic carbocycles. The first kappa shape index (κ1) is 17.5. The molecule has 5 nitrogen and oxygen atoms in total. The van der Waals surface area contributed by atoms with Crippen LogP contribution in [-0.2, 0) is 16.6 Å². The fourth-order valence-corrected chi connectivity index (χ4v) is 4.38. The summed E-state index contributed by atoms with van der Waals surface area (Å²) in [5.41, 5.74) is 1.48. The van der Waals surface area contributed by atoms with Crippen molar-refractivity contribution in [3.05, 3.63) is 59.7 Å². The maximum Gasteiger partial charge on any atom is 0.243 e. The molecule has 0 atom stereocenters. The van der Waals surface area contributed by atoms with Crippen LogP contribution in [0.2, 0.25) is 0 Å². The Bertz CT molecular complexity index is 864. The normalized spacial score (nSPS) is 15.5. The van der Waals surface area contributed by atoms with Crippen LogP contribution in [0.4, 0.5) is 0 Å². The Balaban J connectivity index is 1.66. The minimum atomic E-state index is -3.41. The van der Waals surface area contributed by atoms with Crippen LogP contribution in [0, 0.1) is 11.3 Å². The third-order valence-corrected chi connectivity index (χ3v) is 6.15. The molecule has 0 aromatic heterocycles. The van der Waals surface area contributed by atoms with Gasteiger partial charge in [-0.1, -0.05) is 18.6 Å². The van der Waals surface area contributed by atoms with Gasteiger partial charge in [-0.05, 0) is 54.8 Å². The van der Waals surface area contributed by atoms with Gasteiger partial charge >= 0.3 is 0 Å². The Morgan fingerprint density at radius 3 is 2.44 bits per heavy atom. The van der Waals surface area contributed by atoms with Gasteiger partial charge in [0.25, 0.3) is 0 Å². The Hall–Kier alpha value is -2.36. The minimum Gasteiger partial charge on any atom is -0.489 e. The summed E-state index contributed by atoms with van der Waals surface area (Å²) in [4.78, 5) is 0.299. The Labute approximate surface area is 148 Å². The monoisotopic (exact) mass is 356 g/mol. The molecule has 1 aliphatic rings. The van der Waals surface area contributed by atoms with Gasteiger partial charge in [-0.3, -0.25) is 0 Å². The zero-order chi connectivity index (χ0) is 17.7. The van der Waals surface area contributed by atoms with Crippen molar-refractivity contribution in [3.8, 4) is 11.8 Å². The van der Waals surface area contributed by atoms with Crippen molar-refractivity contribution in [1.29, 1.82) is 5.26 Å². The molecule has 6 heteroatoms. The topological polar surface area (TPSA) is 70.4 Å². The number of rotatable bonds is 5. The second-order valence-electron chi connectivity index (χ2n) is 6.04. The highest BCUT2D eigenvalue weighted by atomic mass is 32.2. The number of sulfonamides is 1. The maximum atomic E-state index is 12.6. The number of ether oxygens (including phenoxy) is 1. The van der Waals surface area contributed by atoms with E-state index in [1.165, 1.54) is 0 Å². The van der Waals surface area contributed by atoms with Gasteiger partial charge in [0.1, 0.15) is 12.4 Å². The lowest BCUT2D eigenvalue weighted by molar-refractivity contribution is 0.306. The summed E-state index contributed by atoms with van der Waals surface area (Å²) in [5.74, 6) is 0.597. The first-order valence-electron chi connectivity index (χ1n) is 8.32. The van der Waals surface area contributed by atoms with Crippen LogP contribution in [0.5, 0.6) is 5.75 Å². The molecule has 1 fully saturated rings. The third kappa shape index (κ3) is 4.19. The van der Waals surface area contributed by atoms with Gasteiger partial charge in [-0.25, -0.2) is 8.42 Å². The molecule has 0 radical (unpaired) electrons. The van der Waals surface area contributed by atoms with Crippen LogP contribution in [0.15, 0.2) is 53.4 Å². The molecule has 2 aromatic rings. The third-order valence-electron chi connectivity index (χ3n) is 4.24. The van der Waals surface area contributed by atoms with Crippen LogP contribution in [0.3, 0.4) is 0 Å². The molecule has 0 N–H and O–H groups in total. The van der Waals surface area contributed by atoms with Crippen molar-refractivity contribution in [3.63, 3.8) is 0 Å². The molecule has 2 aromatic carbocycles. The number of nitriles is 1. The van der Waals surface area contributed by atoms with Gasteiger partial charge in [0.15, 0.2) is 0 Å². The smallest absolute Gasteiger partial charge is 0.243 e. The Morgan fingerprint density at radius 2 is 1.76 bits per heavy atom. The van der Waals surface area contributed by atoms with Gasteiger partial charge < -0.3 is 4.74 Å². The molecule has 0 amide bonds. The largest absolute Gasteiger partial charge is 0.489 e. The van der Waals surface area contributed by atoms with Crippen molar-refractivity contribution < 1.29 is 13.2 Å². The lowest BCUT2D eigenvalue weighted by Crippen LogP contribution is -2.35. The summed E-state index contributed by atoms with van der Waals surface area (Å²) < 4.78 is 32.4. The molecule has 1 aliphatic heterocycles. The molecule has 0 unspecified atom stereocenters. The quantitative estimate of drug-likeness (QED) is 0.824. The second-order valence-corrected chi connectivity index (χ2v) is 7.97. The SMILES string of the molecule is N#Cc1cccc(COc2ccc(S(=O)(=O)N3CCCCC3)cc2)c1. The number of piperidine rings is 1. The van der Waals surface area contributed by atoms with E-state index in [2.05, 4.69) is 6.07 Å². The van der Waals surface area contributed by atoms with Crippen molar-refractivity contribution in [2.45, 2.75) is 30.8 Å². The van der Waals surface area contributed by atoms with Gasteiger partial charge in [0.2, 0.25) is 10.0 Å². The van der Waals surface area contributed by atoms with Gasteiger partial charge in [-0.2, -0.15) is 9.57 Å². The van der Waals surface area contributed by atoms with E-state index in [1.807, 2.05) is 12.1 Å². The van der Waals surface area contributed by atoms with Crippen molar-refractivity contribution >= 4 is 10.0 Å². The van der Waals surface area contributed by atoms with Gasteiger partial charge in [-0.15, -0.1) is 0 Å². The van der Waals surface area contributed by atoms with Crippen molar-refractivity contribution in [2.24, 2.45) is 0 Å². The van der Waals surface area contributed by atoms with Crippen LogP contribution < -0.4 is 4.74 Å². The summed E-state index contributed by atoms with van der Waals surface area (Å²) >= 11 is 0. The number of nitrogens with zero attached hydrogens (tertiary/aromatic N) is 2. The molecule has 0 saturated carbocycles. The fraction of sp³-hybridized carbons (Fsp3) is 0.316. The van der Waals surface area contributed by atoms with E-state index in [0.29, 0.717) is 35.9 Å². The molecule has 25 heavy (non-hydrogen) atoms. The van der Waals surface area contributed by atoms with Gasteiger partial charge in [0.05, 0.1) is 16.5 Å². The maximum absolute atomic E-state index is 12.6. The number of benzene rings is 2. The molecule has 0 spiro atoms. The Kier molecular flexibility index (Phi) is 5.37. The number of hydrogen-bond acceptors (Lipinski definition) is 4. The highest BCUT2D eigenvalue weighted by Gasteiger charge is 2.25. The van der Waals surface area contributed by atoms with E-state index >= 15 is 0 Å². The molecular weight excluding hydrogens is 336 g/mol. The summed E-state index contributed by atoms with van der Waals surface area (Å²) in [6, 6.07) is 15.8. The van der Waals surface area contributed by atoms with E-state index < -0.39 is 10.0 Å². The second kappa shape index (κ2) is 7.68.